The lowest BCUT2D eigenvalue weighted by atomic mass is 10.2. The monoisotopic (exact) mass is 386 g/mol. The molecule has 0 amide bonds. The quantitative estimate of drug-likeness (QED) is 0.645. The highest BCUT2D eigenvalue weighted by Crippen LogP contribution is 2.19. The van der Waals surface area contributed by atoms with Gasteiger partial charge in [-0.25, -0.2) is 8.78 Å². The van der Waals surface area contributed by atoms with Crippen LogP contribution in [0.1, 0.15) is 11.4 Å². The van der Waals surface area contributed by atoms with Crippen molar-refractivity contribution in [3.63, 3.8) is 0 Å². The Labute approximate surface area is 161 Å². The molecule has 3 aromatic rings. The highest BCUT2D eigenvalue weighted by atomic mass is 19.1. The first kappa shape index (κ1) is 19.4. The molecule has 3 rings (SSSR count). The maximum Gasteiger partial charge on any atom is 0.232 e. The number of ether oxygens (including phenoxy) is 1. The highest BCUT2D eigenvalue weighted by molar-refractivity contribution is 5.53. The maximum absolute atomic E-state index is 13.8. The van der Waals surface area contributed by atoms with E-state index in [0.717, 1.165) is 5.56 Å². The van der Waals surface area contributed by atoms with E-state index < -0.39 is 5.82 Å². The zero-order valence-electron chi connectivity index (χ0n) is 15.5. The zero-order chi connectivity index (χ0) is 20.1. The maximum atomic E-state index is 13.8. The minimum absolute atomic E-state index is 0.0681. The molecule has 2 aromatic carbocycles. The van der Waals surface area contributed by atoms with E-state index in [9.17, 15) is 8.78 Å². The van der Waals surface area contributed by atoms with Crippen LogP contribution in [0.15, 0.2) is 42.5 Å². The minimum Gasteiger partial charge on any atom is -0.494 e. The first-order chi connectivity index (χ1) is 13.4. The predicted molar refractivity (Wildman–Crippen MR) is 102 cm³/mol. The van der Waals surface area contributed by atoms with Crippen LogP contribution in [0.4, 0.5) is 26.4 Å². The predicted octanol–water partition coefficient (Wildman–Crippen LogP) is 3.12. The Morgan fingerprint density at radius 1 is 1.04 bits per heavy atom. The lowest BCUT2D eigenvalue weighted by molar-refractivity contribution is 0.309. The van der Waals surface area contributed by atoms with Gasteiger partial charge in [0.25, 0.3) is 0 Å². The van der Waals surface area contributed by atoms with Gasteiger partial charge in [-0.3, -0.25) is 4.90 Å². The number of hydrogen-bond acceptors (Lipinski definition) is 7. The number of halogens is 2. The summed E-state index contributed by atoms with van der Waals surface area (Å²) in [5.74, 6) is 0.236. The van der Waals surface area contributed by atoms with Gasteiger partial charge in [0.2, 0.25) is 11.9 Å². The second-order valence-electron chi connectivity index (χ2n) is 6.21. The SMILES string of the molecule is COc1ccc(CN(C)Cc2nc(N)nc(Nc3ccc(F)cc3)n2)cc1F. The molecule has 146 valence electrons. The molecule has 0 aliphatic carbocycles. The fourth-order valence-corrected chi connectivity index (χ4v) is 2.64. The Kier molecular flexibility index (Phi) is 5.95. The van der Waals surface area contributed by atoms with Crippen molar-refractivity contribution in [2.24, 2.45) is 0 Å². The molecule has 3 N–H and O–H groups in total. The van der Waals surface area contributed by atoms with Crippen LogP contribution in [0.5, 0.6) is 5.75 Å². The summed E-state index contributed by atoms with van der Waals surface area (Å²) < 4.78 is 31.8. The lowest BCUT2D eigenvalue weighted by Gasteiger charge is -2.17. The van der Waals surface area contributed by atoms with Crippen LogP contribution in [0.3, 0.4) is 0 Å². The number of aromatic nitrogens is 3. The van der Waals surface area contributed by atoms with E-state index in [0.29, 0.717) is 24.6 Å². The van der Waals surface area contributed by atoms with Crippen molar-refractivity contribution in [3.8, 4) is 5.75 Å². The standard InChI is InChI=1S/C19H20F2N6O/c1-27(10-12-3-8-16(28-2)15(21)9-12)11-17-24-18(22)26-19(25-17)23-14-6-4-13(20)5-7-14/h3-9H,10-11H2,1-2H3,(H3,22,23,24,25,26). The normalized spacial score (nSPS) is 10.9. The number of rotatable bonds is 7. The fraction of sp³-hybridized carbons (Fsp3) is 0.211. The Hall–Kier alpha value is -3.33. The molecular weight excluding hydrogens is 366 g/mol. The molecule has 0 saturated heterocycles. The molecule has 0 saturated carbocycles. The zero-order valence-corrected chi connectivity index (χ0v) is 15.5. The second-order valence-corrected chi connectivity index (χ2v) is 6.21. The molecule has 1 heterocycles. The molecule has 0 aliphatic heterocycles. The topological polar surface area (TPSA) is 89.2 Å². The van der Waals surface area contributed by atoms with Gasteiger partial charge >= 0.3 is 0 Å². The summed E-state index contributed by atoms with van der Waals surface area (Å²) in [6.07, 6.45) is 0. The molecule has 0 spiro atoms. The number of benzene rings is 2. The van der Waals surface area contributed by atoms with Gasteiger partial charge in [-0.05, 0) is 49.0 Å². The lowest BCUT2D eigenvalue weighted by Crippen LogP contribution is -2.20. The van der Waals surface area contributed by atoms with Gasteiger partial charge in [0.15, 0.2) is 11.6 Å². The number of nitrogens with two attached hydrogens (primary N) is 1. The summed E-state index contributed by atoms with van der Waals surface area (Å²) in [7, 11) is 3.28. The summed E-state index contributed by atoms with van der Waals surface area (Å²) in [5, 5.41) is 2.96. The van der Waals surface area contributed by atoms with Gasteiger partial charge in [-0.1, -0.05) is 6.07 Å². The smallest absolute Gasteiger partial charge is 0.232 e. The third-order valence-corrected chi connectivity index (χ3v) is 3.88. The number of nitrogens with one attached hydrogen (secondary N) is 1. The largest absolute Gasteiger partial charge is 0.494 e. The van der Waals surface area contributed by atoms with Crippen LogP contribution in [0, 0.1) is 11.6 Å². The minimum atomic E-state index is -0.413. The number of methoxy groups -OCH3 is 1. The van der Waals surface area contributed by atoms with Crippen molar-refractivity contribution >= 4 is 17.6 Å². The van der Waals surface area contributed by atoms with E-state index >= 15 is 0 Å². The molecular formula is C19H20F2N6O. The Bertz CT molecular complexity index is 952. The van der Waals surface area contributed by atoms with Gasteiger partial charge in [0, 0.05) is 12.2 Å². The summed E-state index contributed by atoms with van der Waals surface area (Å²) in [4.78, 5) is 14.4. The van der Waals surface area contributed by atoms with Gasteiger partial charge < -0.3 is 15.8 Å². The first-order valence-electron chi connectivity index (χ1n) is 8.47. The molecule has 9 heteroatoms. The number of nitrogens with zero attached hydrogens (tertiary/aromatic N) is 4. The Morgan fingerprint density at radius 3 is 2.46 bits per heavy atom. The third-order valence-electron chi connectivity index (χ3n) is 3.88. The van der Waals surface area contributed by atoms with Gasteiger partial charge in [0.1, 0.15) is 11.6 Å². The molecule has 7 nitrogen and oxygen atoms in total. The fourth-order valence-electron chi connectivity index (χ4n) is 2.64. The first-order valence-corrected chi connectivity index (χ1v) is 8.47. The number of nitrogen functional groups attached to an aromatic ring is 1. The van der Waals surface area contributed by atoms with E-state index in [1.807, 2.05) is 11.9 Å². The van der Waals surface area contributed by atoms with Crippen molar-refractivity contribution in [1.29, 1.82) is 0 Å². The van der Waals surface area contributed by atoms with Gasteiger partial charge in [0.05, 0.1) is 13.7 Å². The molecule has 0 fully saturated rings. The van der Waals surface area contributed by atoms with E-state index in [4.69, 9.17) is 10.5 Å². The molecule has 28 heavy (non-hydrogen) atoms. The van der Waals surface area contributed by atoms with E-state index in [2.05, 4.69) is 20.3 Å². The number of anilines is 3. The molecule has 1 aromatic heterocycles. The average molecular weight is 386 g/mol. The van der Waals surface area contributed by atoms with Crippen LogP contribution in [0.2, 0.25) is 0 Å². The summed E-state index contributed by atoms with van der Waals surface area (Å²) in [6, 6.07) is 10.6. The Balaban J connectivity index is 1.68. The van der Waals surface area contributed by atoms with E-state index in [-0.39, 0.29) is 23.5 Å². The second kappa shape index (κ2) is 8.57. The van der Waals surface area contributed by atoms with Crippen LogP contribution >= 0.6 is 0 Å². The van der Waals surface area contributed by atoms with Crippen molar-refractivity contribution in [1.82, 2.24) is 19.9 Å². The summed E-state index contributed by atoms with van der Waals surface area (Å²) in [5.41, 5.74) is 7.18. The van der Waals surface area contributed by atoms with Crippen molar-refractivity contribution in [2.75, 3.05) is 25.2 Å². The molecule has 0 aliphatic rings. The van der Waals surface area contributed by atoms with Gasteiger partial charge in [-0.2, -0.15) is 15.0 Å². The summed E-state index contributed by atoms with van der Waals surface area (Å²) >= 11 is 0. The third kappa shape index (κ3) is 5.10. The van der Waals surface area contributed by atoms with Crippen molar-refractivity contribution in [3.05, 3.63) is 65.5 Å². The molecule has 0 unspecified atom stereocenters. The van der Waals surface area contributed by atoms with Crippen LogP contribution in [0.25, 0.3) is 0 Å². The van der Waals surface area contributed by atoms with Crippen molar-refractivity contribution < 1.29 is 13.5 Å². The Morgan fingerprint density at radius 2 is 1.79 bits per heavy atom. The average Bonchev–Trinajstić information content (AvgIpc) is 2.63. The number of hydrogen-bond donors (Lipinski definition) is 2. The van der Waals surface area contributed by atoms with Gasteiger partial charge in [-0.15, -0.1) is 0 Å². The van der Waals surface area contributed by atoms with E-state index in [1.165, 1.54) is 25.3 Å². The van der Waals surface area contributed by atoms with Crippen LogP contribution in [-0.4, -0.2) is 34.0 Å². The summed E-state index contributed by atoms with van der Waals surface area (Å²) in [6.45, 7) is 0.853. The molecule has 0 radical (unpaired) electrons. The molecule has 0 bridgehead atoms. The van der Waals surface area contributed by atoms with Crippen LogP contribution in [-0.2, 0) is 13.1 Å². The van der Waals surface area contributed by atoms with E-state index in [1.54, 1.807) is 24.3 Å². The molecule has 0 atom stereocenters. The van der Waals surface area contributed by atoms with Crippen molar-refractivity contribution in [2.45, 2.75) is 13.1 Å². The highest BCUT2D eigenvalue weighted by Gasteiger charge is 2.10. The van der Waals surface area contributed by atoms with Crippen LogP contribution < -0.4 is 15.8 Å².